The third-order valence-electron chi connectivity index (χ3n) is 5.32. The number of fused-ring (bicyclic) bond motifs is 3. The Hall–Kier alpha value is -3.00. The van der Waals surface area contributed by atoms with E-state index in [9.17, 15) is 19.4 Å². The molecule has 0 aliphatic heterocycles. The number of ether oxygens (including phenoxy) is 1. The van der Waals surface area contributed by atoms with Crippen LogP contribution in [-0.2, 0) is 4.74 Å². The van der Waals surface area contributed by atoms with Gasteiger partial charge >= 0.3 is 6.09 Å². The van der Waals surface area contributed by atoms with Gasteiger partial charge in [0.2, 0.25) is 5.95 Å². The number of nitrogens with one attached hydrogen (secondary N) is 1. The molecule has 0 saturated carbocycles. The molecule has 3 aromatic rings. The molecule has 1 aromatic heterocycles. The van der Waals surface area contributed by atoms with Crippen molar-refractivity contribution >= 4 is 17.7 Å². The fraction of sp³-hybridized carbons (Fsp3) is 0.217. The smallest absolute Gasteiger partial charge is 0.407 e. The Kier molecular flexibility index (Phi) is 6.18. The number of hydrogen-bond donors (Lipinski definition) is 3. The number of carbonyl (C=O) groups is 1. The number of hydrogen-bond acceptors (Lipinski definition) is 5. The van der Waals surface area contributed by atoms with E-state index in [2.05, 4.69) is 10.3 Å². The van der Waals surface area contributed by atoms with E-state index in [1.807, 2.05) is 48.5 Å². The molecule has 0 radical (unpaired) electrons. The average Bonchev–Trinajstić information content (AvgIpc) is 3.11. The van der Waals surface area contributed by atoms with Gasteiger partial charge in [-0.3, -0.25) is 0 Å². The van der Waals surface area contributed by atoms with Gasteiger partial charge in [0.05, 0.1) is 5.02 Å². The van der Waals surface area contributed by atoms with Crippen molar-refractivity contribution in [3.63, 3.8) is 0 Å². The second kappa shape index (κ2) is 9.01. The second-order valence-electron chi connectivity index (χ2n) is 7.26. The number of benzene rings is 2. The number of aliphatic hydroxyl groups excluding tert-OH is 2. The van der Waals surface area contributed by atoms with Gasteiger partial charge in [0.1, 0.15) is 18.8 Å². The van der Waals surface area contributed by atoms with Crippen molar-refractivity contribution in [3.05, 3.63) is 88.5 Å². The van der Waals surface area contributed by atoms with E-state index in [1.165, 1.54) is 6.07 Å². The molecule has 4 rings (SSSR count). The third-order valence-corrected chi connectivity index (χ3v) is 5.59. The fourth-order valence-corrected chi connectivity index (χ4v) is 3.94. The zero-order chi connectivity index (χ0) is 22.0. The molecule has 8 heteroatoms. The van der Waals surface area contributed by atoms with Crippen molar-refractivity contribution in [1.29, 1.82) is 0 Å². The summed E-state index contributed by atoms with van der Waals surface area (Å²) in [6, 6.07) is 17.1. The van der Waals surface area contributed by atoms with Gasteiger partial charge in [-0.15, -0.1) is 0 Å². The Balaban J connectivity index is 1.34. The van der Waals surface area contributed by atoms with Crippen molar-refractivity contribution < 1.29 is 24.1 Å². The Morgan fingerprint density at radius 3 is 2.35 bits per heavy atom. The molecular weight excluding hydrogens is 423 g/mol. The fourth-order valence-electron chi connectivity index (χ4n) is 3.77. The lowest BCUT2D eigenvalue weighted by Gasteiger charge is -2.19. The van der Waals surface area contributed by atoms with Gasteiger partial charge in [-0.2, -0.15) is 4.39 Å². The summed E-state index contributed by atoms with van der Waals surface area (Å²) in [5.74, 6) is -0.954. The Morgan fingerprint density at radius 1 is 1.13 bits per heavy atom. The molecular formula is C23H20ClFN2O4. The van der Waals surface area contributed by atoms with E-state index >= 15 is 0 Å². The van der Waals surface area contributed by atoms with Crippen LogP contribution in [0.25, 0.3) is 11.1 Å². The van der Waals surface area contributed by atoms with Gasteiger partial charge in [0.25, 0.3) is 0 Å². The molecule has 3 N–H and O–H groups in total. The quantitative estimate of drug-likeness (QED) is 0.505. The van der Waals surface area contributed by atoms with Gasteiger partial charge in [-0.1, -0.05) is 60.1 Å². The maximum absolute atomic E-state index is 13.2. The molecule has 0 spiro atoms. The maximum atomic E-state index is 13.2. The SMILES string of the molecule is O=C(NCC(O)C(O)c1cnc(F)c(Cl)c1)OCC1c2ccccc2-c2ccccc21. The van der Waals surface area contributed by atoms with Crippen LogP contribution in [0.1, 0.15) is 28.7 Å². The minimum absolute atomic E-state index is 0.0823. The number of alkyl carbamates (subject to hydrolysis) is 1. The van der Waals surface area contributed by atoms with Crippen LogP contribution >= 0.6 is 11.6 Å². The molecule has 31 heavy (non-hydrogen) atoms. The van der Waals surface area contributed by atoms with E-state index in [0.717, 1.165) is 28.5 Å². The summed E-state index contributed by atoms with van der Waals surface area (Å²) in [5, 5.41) is 22.5. The standard InChI is InChI=1S/C23H20ClFN2O4/c24-19-9-13(10-26-22(19)25)21(29)20(28)11-27-23(30)31-12-18-16-7-3-1-5-14(16)15-6-2-4-8-17(15)18/h1-10,18,20-21,28-29H,11-12H2,(H,27,30). The lowest BCUT2D eigenvalue weighted by atomic mass is 9.98. The maximum Gasteiger partial charge on any atom is 0.407 e. The van der Waals surface area contributed by atoms with Gasteiger partial charge in [-0.25, -0.2) is 9.78 Å². The minimum Gasteiger partial charge on any atom is -0.449 e. The molecule has 1 heterocycles. The summed E-state index contributed by atoms with van der Waals surface area (Å²) < 4.78 is 18.5. The number of amides is 1. The first kappa shape index (κ1) is 21.2. The molecule has 0 fully saturated rings. The first-order valence-electron chi connectivity index (χ1n) is 9.71. The van der Waals surface area contributed by atoms with E-state index in [4.69, 9.17) is 16.3 Å². The summed E-state index contributed by atoms with van der Waals surface area (Å²) in [4.78, 5) is 15.6. The summed E-state index contributed by atoms with van der Waals surface area (Å²) >= 11 is 5.65. The first-order valence-corrected chi connectivity index (χ1v) is 10.1. The van der Waals surface area contributed by atoms with Crippen molar-refractivity contribution in [2.45, 2.75) is 18.1 Å². The van der Waals surface area contributed by atoms with Crippen LogP contribution in [-0.4, -0.2) is 40.5 Å². The monoisotopic (exact) mass is 442 g/mol. The Morgan fingerprint density at radius 2 is 1.74 bits per heavy atom. The molecule has 2 aromatic carbocycles. The van der Waals surface area contributed by atoms with Crippen molar-refractivity contribution in [2.75, 3.05) is 13.2 Å². The molecule has 0 bridgehead atoms. The van der Waals surface area contributed by atoms with Crippen LogP contribution in [0.5, 0.6) is 0 Å². The molecule has 1 aliphatic carbocycles. The van der Waals surface area contributed by atoms with Crippen LogP contribution in [0.3, 0.4) is 0 Å². The highest BCUT2D eigenvalue weighted by molar-refractivity contribution is 6.30. The topological polar surface area (TPSA) is 91.7 Å². The van der Waals surface area contributed by atoms with Gasteiger partial charge in [-0.05, 0) is 28.3 Å². The predicted octanol–water partition coefficient (Wildman–Crippen LogP) is 3.81. The molecule has 160 valence electrons. The third kappa shape index (κ3) is 4.39. The highest BCUT2D eigenvalue weighted by Crippen LogP contribution is 2.44. The number of aliphatic hydroxyl groups is 2. The summed E-state index contributed by atoms with van der Waals surface area (Å²) in [7, 11) is 0. The number of nitrogens with zero attached hydrogens (tertiary/aromatic N) is 1. The molecule has 6 nitrogen and oxygen atoms in total. The van der Waals surface area contributed by atoms with Gasteiger partial charge in [0.15, 0.2) is 0 Å². The predicted molar refractivity (Wildman–Crippen MR) is 113 cm³/mol. The zero-order valence-electron chi connectivity index (χ0n) is 16.3. The van der Waals surface area contributed by atoms with E-state index in [1.54, 1.807) is 0 Å². The largest absolute Gasteiger partial charge is 0.449 e. The lowest BCUT2D eigenvalue weighted by molar-refractivity contribution is 0.0183. The number of aromatic nitrogens is 1. The van der Waals surface area contributed by atoms with Crippen molar-refractivity contribution in [2.24, 2.45) is 0 Å². The Bertz CT molecular complexity index is 1060. The molecule has 1 amide bonds. The lowest BCUT2D eigenvalue weighted by Crippen LogP contribution is -2.36. The number of halogens is 2. The number of carbonyl (C=O) groups excluding carboxylic acids is 1. The average molecular weight is 443 g/mol. The highest BCUT2D eigenvalue weighted by Gasteiger charge is 2.29. The van der Waals surface area contributed by atoms with Crippen molar-refractivity contribution in [3.8, 4) is 11.1 Å². The number of rotatable bonds is 6. The highest BCUT2D eigenvalue weighted by atomic mass is 35.5. The first-order chi connectivity index (χ1) is 15.0. The molecule has 2 atom stereocenters. The summed E-state index contributed by atoms with van der Waals surface area (Å²) in [6.45, 7) is -0.136. The van der Waals surface area contributed by atoms with Gasteiger partial charge < -0.3 is 20.3 Å². The minimum atomic E-state index is -1.40. The molecule has 1 aliphatic rings. The van der Waals surface area contributed by atoms with Crippen LogP contribution in [0.4, 0.5) is 9.18 Å². The van der Waals surface area contributed by atoms with Crippen LogP contribution in [0.2, 0.25) is 5.02 Å². The zero-order valence-corrected chi connectivity index (χ0v) is 17.1. The molecule has 2 unspecified atom stereocenters. The van der Waals surface area contributed by atoms with Gasteiger partial charge in [0, 0.05) is 24.2 Å². The van der Waals surface area contributed by atoms with E-state index < -0.39 is 24.2 Å². The van der Waals surface area contributed by atoms with Crippen LogP contribution in [0.15, 0.2) is 60.8 Å². The van der Waals surface area contributed by atoms with Crippen LogP contribution < -0.4 is 5.32 Å². The second-order valence-corrected chi connectivity index (χ2v) is 7.67. The van der Waals surface area contributed by atoms with E-state index in [-0.39, 0.29) is 29.7 Å². The Labute approximate surface area is 183 Å². The molecule has 0 saturated heterocycles. The number of pyridine rings is 1. The summed E-state index contributed by atoms with van der Waals surface area (Å²) in [6.07, 6.45) is -2.41. The van der Waals surface area contributed by atoms with Crippen LogP contribution in [0, 0.1) is 5.95 Å². The normalized spacial score (nSPS) is 14.5. The van der Waals surface area contributed by atoms with E-state index in [0.29, 0.717) is 0 Å². The van der Waals surface area contributed by atoms with Crippen molar-refractivity contribution in [1.82, 2.24) is 10.3 Å². The summed E-state index contributed by atoms with van der Waals surface area (Å²) in [5.41, 5.74) is 4.56.